The third-order valence-corrected chi connectivity index (χ3v) is 5.05. The van der Waals surface area contributed by atoms with Crippen molar-refractivity contribution >= 4 is 36.2 Å². The number of halogens is 3. The lowest BCUT2D eigenvalue weighted by atomic mass is 9.99. The Balaban J connectivity index is 2.18. The second-order valence-electron chi connectivity index (χ2n) is 6.93. The first-order chi connectivity index (χ1) is 15.0. The van der Waals surface area contributed by atoms with E-state index in [1.54, 1.807) is 30.3 Å². The zero-order chi connectivity index (χ0) is 23.9. The topological polar surface area (TPSA) is 116 Å². The number of alkyl halides is 3. The zero-order valence-electron chi connectivity index (χ0n) is 16.5. The third kappa shape index (κ3) is 6.91. The van der Waals surface area contributed by atoms with Gasteiger partial charge in [-0.05, 0) is 36.2 Å². The van der Waals surface area contributed by atoms with Crippen molar-refractivity contribution in [3.63, 3.8) is 0 Å². The molecule has 0 aliphatic rings. The van der Waals surface area contributed by atoms with Crippen molar-refractivity contribution < 1.29 is 37.8 Å². The number of anilines is 1. The van der Waals surface area contributed by atoms with Crippen LogP contribution in [0.1, 0.15) is 11.1 Å². The lowest BCUT2D eigenvalue weighted by Crippen LogP contribution is -2.56. The predicted octanol–water partition coefficient (Wildman–Crippen LogP) is 2.93. The number of rotatable bonds is 10. The Kier molecular flexibility index (Phi) is 8.53. The molecule has 0 saturated carbocycles. The van der Waals surface area contributed by atoms with Gasteiger partial charge < -0.3 is 20.8 Å². The lowest BCUT2D eigenvalue weighted by Gasteiger charge is -2.25. The van der Waals surface area contributed by atoms with Crippen molar-refractivity contribution in [2.24, 2.45) is 5.92 Å². The molecule has 0 spiro atoms. The quantitative estimate of drug-likeness (QED) is 0.341. The minimum Gasteiger partial charge on any atom is -0.480 e. The standard InChI is InChI=1S/C21H21F3N2O5S/c22-21(23,24)14-6-8-15(9-7-14)25-16(19(28)29)17(20(30)31)26-18(27)13(11-32)10-12-4-2-1-3-5-12/h1-9,13,16-17,25,32H,10-11H2,(H,26,27)(H,28,29)(H,30,31). The van der Waals surface area contributed by atoms with Crippen LogP contribution in [0, 0.1) is 5.92 Å². The molecule has 0 fully saturated rings. The van der Waals surface area contributed by atoms with Crippen LogP contribution in [-0.4, -0.2) is 45.9 Å². The van der Waals surface area contributed by atoms with Gasteiger partial charge in [0, 0.05) is 11.4 Å². The molecular weight excluding hydrogens is 449 g/mol. The van der Waals surface area contributed by atoms with Crippen LogP contribution in [0.3, 0.4) is 0 Å². The van der Waals surface area contributed by atoms with Crippen LogP contribution in [-0.2, 0) is 27.0 Å². The minimum atomic E-state index is -4.58. The summed E-state index contributed by atoms with van der Waals surface area (Å²) in [5, 5.41) is 23.6. The largest absolute Gasteiger partial charge is 0.480 e. The van der Waals surface area contributed by atoms with E-state index in [1.165, 1.54) is 0 Å². The molecule has 0 heterocycles. The van der Waals surface area contributed by atoms with Crippen LogP contribution >= 0.6 is 12.6 Å². The highest BCUT2D eigenvalue weighted by atomic mass is 32.1. The summed E-state index contributed by atoms with van der Waals surface area (Å²) in [5.74, 6) is -4.59. The summed E-state index contributed by atoms with van der Waals surface area (Å²) in [6, 6.07) is 8.59. The van der Waals surface area contributed by atoms with E-state index >= 15 is 0 Å². The number of thiol groups is 1. The lowest BCUT2D eigenvalue weighted by molar-refractivity contribution is -0.148. The smallest absolute Gasteiger partial charge is 0.416 e. The molecule has 172 valence electrons. The number of carboxylic acids is 2. The summed E-state index contributed by atoms with van der Waals surface area (Å²) in [5.41, 5.74) is -0.192. The molecule has 11 heteroatoms. The molecule has 0 aromatic heterocycles. The van der Waals surface area contributed by atoms with Crippen LogP contribution in [0.25, 0.3) is 0 Å². The van der Waals surface area contributed by atoms with Crippen molar-refractivity contribution in [2.45, 2.75) is 24.7 Å². The van der Waals surface area contributed by atoms with Crippen LogP contribution in [0.2, 0.25) is 0 Å². The molecule has 3 unspecified atom stereocenters. The Hall–Kier alpha value is -3.21. The molecule has 1 amide bonds. The van der Waals surface area contributed by atoms with Crippen molar-refractivity contribution in [3.05, 3.63) is 65.7 Å². The maximum absolute atomic E-state index is 12.7. The number of carbonyl (C=O) groups excluding carboxylic acids is 1. The van der Waals surface area contributed by atoms with E-state index in [-0.39, 0.29) is 17.9 Å². The van der Waals surface area contributed by atoms with E-state index in [2.05, 4.69) is 23.3 Å². The van der Waals surface area contributed by atoms with E-state index in [0.717, 1.165) is 29.8 Å². The molecule has 2 aromatic carbocycles. The van der Waals surface area contributed by atoms with E-state index < -0.39 is 47.6 Å². The number of hydrogen-bond donors (Lipinski definition) is 5. The first-order valence-corrected chi connectivity index (χ1v) is 10.0. The van der Waals surface area contributed by atoms with E-state index in [4.69, 9.17) is 0 Å². The number of carboxylic acid groups (broad SMARTS) is 2. The van der Waals surface area contributed by atoms with Crippen molar-refractivity contribution in [1.82, 2.24) is 5.32 Å². The maximum atomic E-state index is 12.7. The highest BCUT2D eigenvalue weighted by Gasteiger charge is 2.37. The molecule has 7 nitrogen and oxygen atoms in total. The fraction of sp³-hybridized carbons (Fsp3) is 0.286. The van der Waals surface area contributed by atoms with Crippen LogP contribution < -0.4 is 10.6 Å². The fourth-order valence-electron chi connectivity index (χ4n) is 2.92. The monoisotopic (exact) mass is 470 g/mol. The fourth-order valence-corrected chi connectivity index (χ4v) is 3.22. The highest BCUT2D eigenvalue weighted by molar-refractivity contribution is 7.80. The van der Waals surface area contributed by atoms with E-state index in [9.17, 15) is 37.8 Å². The van der Waals surface area contributed by atoms with Gasteiger partial charge in [-0.2, -0.15) is 25.8 Å². The summed E-state index contributed by atoms with van der Waals surface area (Å²) >= 11 is 4.13. The molecule has 0 bridgehead atoms. The van der Waals surface area contributed by atoms with Gasteiger partial charge in [0.1, 0.15) is 0 Å². The van der Waals surface area contributed by atoms with Gasteiger partial charge >= 0.3 is 18.1 Å². The number of amides is 1. The minimum absolute atomic E-state index is 0.0547. The summed E-state index contributed by atoms with van der Waals surface area (Å²) in [6.45, 7) is 0. The predicted molar refractivity (Wildman–Crippen MR) is 114 cm³/mol. The Bertz CT molecular complexity index is 939. The van der Waals surface area contributed by atoms with Gasteiger partial charge in [-0.15, -0.1) is 0 Å². The number of nitrogens with one attached hydrogen (secondary N) is 2. The normalized spacial score (nSPS) is 14.1. The summed E-state index contributed by atoms with van der Waals surface area (Å²) in [7, 11) is 0. The zero-order valence-corrected chi connectivity index (χ0v) is 17.4. The Morgan fingerprint density at radius 2 is 1.47 bits per heavy atom. The second kappa shape index (κ2) is 10.9. The molecule has 2 rings (SSSR count). The van der Waals surface area contributed by atoms with Crippen LogP contribution in [0.5, 0.6) is 0 Å². The Labute approximate surface area is 187 Å². The van der Waals surface area contributed by atoms with Crippen molar-refractivity contribution in [1.29, 1.82) is 0 Å². The third-order valence-electron chi connectivity index (χ3n) is 4.61. The first-order valence-electron chi connectivity index (χ1n) is 9.37. The molecular formula is C21H21F3N2O5S. The SMILES string of the molecule is O=C(NC(C(=O)O)C(Nc1ccc(C(F)(F)F)cc1)C(=O)O)C(CS)Cc1ccccc1. The van der Waals surface area contributed by atoms with Crippen LogP contribution in [0.4, 0.5) is 18.9 Å². The van der Waals surface area contributed by atoms with E-state index in [0.29, 0.717) is 0 Å². The van der Waals surface area contributed by atoms with Gasteiger partial charge in [0.15, 0.2) is 12.1 Å². The van der Waals surface area contributed by atoms with Gasteiger partial charge in [0.2, 0.25) is 5.91 Å². The van der Waals surface area contributed by atoms with Gasteiger partial charge in [-0.1, -0.05) is 30.3 Å². The molecule has 0 aliphatic carbocycles. The van der Waals surface area contributed by atoms with Crippen molar-refractivity contribution in [3.8, 4) is 0 Å². The Morgan fingerprint density at radius 3 is 1.94 bits per heavy atom. The van der Waals surface area contributed by atoms with Gasteiger partial charge in [0.25, 0.3) is 0 Å². The molecule has 32 heavy (non-hydrogen) atoms. The van der Waals surface area contributed by atoms with Gasteiger partial charge in [-0.25, -0.2) is 9.59 Å². The summed E-state index contributed by atoms with van der Waals surface area (Å²) in [6.07, 6.45) is -4.32. The van der Waals surface area contributed by atoms with Gasteiger partial charge in [0.05, 0.1) is 11.5 Å². The number of hydrogen-bond acceptors (Lipinski definition) is 5. The summed E-state index contributed by atoms with van der Waals surface area (Å²) < 4.78 is 38.1. The van der Waals surface area contributed by atoms with E-state index in [1.807, 2.05) is 0 Å². The number of carbonyl (C=O) groups is 3. The van der Waals surface area contributed by atoms with Crippen molar-refractivity contribution in [2.75, 3.05) is 11.1 Å². The maximum Gasteiger partial charge on any atom is 0.416 e. The Morgan fingerprint density at radius 1 is 0.906 bits per heavy atom. The molecule has 0 saturated heterocycles. The number of benzene rings is 2. The number of aliphatic carboxylic acids is 2. The molecule has 0 aliphatic heterocycles. The average Bonchev–Trinajstić information content (AvgIpc) is 2.74. The molecule has 3 atom stereocenters. The first kappa shape index (κ1) is 25.1. The van der Waals surface area contributed by atoms with Gasteiger partial charge in [-0.3, -0.25) is 4.79 Å². The molecule has 4 N–H and O–H groups in total. The average molecular weight is 470 g/mol. The highest BCUT2D eigenvalue weighted by Crippen LogP contribution is 2.30. The molecule has 2 aromatic rings. The van der Waals surface area contributed by atoms with Crippen LogP contribution in [0.15, 0.2) is 54.6 Å². The summed E-state index contributed by atoms with van der Waals surface area (Å²) in [4.78, 5) is 36.1. The second-order valence-corrected chi connectivity index (χ2v) is 7.29. The molecule has 0 radical (unpaired) electrons.